The van der Waals surface area contributed by atoms with Gasteiger partial charge in [-0.1, -0.05) is 17.7 Å². The molecule has 1 aromatic carbocycles. The van der Waals surface area contributed by atoms with Crippen molar-refractivity contribution in [3.05, 3.63) is 41.6 Å². The Labute approximate surface area is 147 Å². The fourth-order valence-electron chi connectivity index (χ4n) is 2.67. The van der Waals surface area contributed by atoms with Crippen LogP contribution in [0.3, 0.4) is 0 Å². The molecule has 24 heavy (non-hydrogen) atoms. The summed E-state index contributed by atoms with van der Waals surface area (Å²) in [7, 11) is 0. The number of benzene rings is 1. The molecule has 1 aromatic heterocycles. The summed E-state index contributed by atoms with van der Waals surface area (Å²) in [4.78, 5) is 11.2. The van der Waals surface area contributed by atoms with E-state index in [1.54, 1.807) is 6.20 Å². The predicted octanol–water partition coefficient (Wildman–Crippen LogP) is 2.58. The lowest BCUT2D eigenvalue weighted by molar-refractivity contribution is 0.240. The maximum absolute atomic E-state index is 5.99. The Morgan fingerprint density at radius 2 is 2.08 bits per heavy atom. The van der Waals surface area contributed by atoms with Crippen molar-refractivity contribution >= 4 is 29.1 Å². The molecule has 0 bridgehead atoms. The first kappa shape index (κ1) is 17.0. The summed E-state index contributed by atoms with van der Waals surface area (Å²) >= 11 is 5.99. The van der Waals surface area contributed by atoms with Crippen molar-refractivity contribution in [2.24, 2.45) is 0 Å². The van der Waals surface area contributed by atoms with E-state index < -0.39 is 0 Å². The highest BCUT2D eigenvalue weighted by Crippen LogP contribution is 2.18. The molecule has 7 heteroatoms. The van der Waals surface area contributed by atoms with Gasteiger partial charge in [-0.25, -0.2) is 4.98 Å². The van der Waals surface area contributed by atoms with Gasteiger partial charge in [0.25, 0.3) is 0 Å². The molecule has 2 aromatic rings. The highest BCUT2D eigenvalue weighted by molar-refractivity contribution is 6.30. The first-order valence-electron chi connectivity index (χ1n) is 8.32. The highest BCUT2D eigenvalue weighted by Gasteiger charge is 2.08. The van der Waals surface area contributed by atoms with Gasteiger partial charge < -0.3 is 20.9 Å². The molecule has 1 saturated heterocycles. The van der Waals surface area contributed by atoms with Gasteiger partial charge in [-0.3, -0.25) is 0 Å². The number of anilines is 3. The zero-order chi connectivity index (χ0) is 16.6. The monoisotopic (exact) mass is 346 g/mol. The van der Waals surface area contributed by atoms with Crippen LogP contribution in [0.15, 0.2) is 36.5 Å². The Morgan fingerprint density at radius 1 is 1.21 bits per heavy atom. The van der Waals surface area contributed by atoms with E-state index in [0.717, 1.165) is 57.2 Å². The Kier molecular flexibility index (Phi) is 6.23. The van der Waals surface area contributed by atoms with E-state index in [0.29, 0.717) is 11.0 Å². The van der Waals surface area contributed by atoms with Gasteiger partial charge in [0, 0.05) is 49.6 Å². The predicted molar refractivity (Wildman–Crippen MR) is 99.2 cm³/mol. The number of hydrogen-bond acceptors (Lipinski definition) is 6. The molecule has 0 spiro atoms. The number of nitrogens with one attached hydrogen (secondary N) is 3. The van der Waals surface area contributed by atoms with Crippen molar-refractivity contribution in [2.45, 2.75) is 6.42 Å². The minimum absolute atomic E-state index is 0.560. The lowest BCUT2D eigenvalue weighted by Gasteiger charge is -2.27. The normalized spacial score (nSPS) is 15.2. The first-order valence-corrected chi connectivity index (χ1v) is 8.70. The van der Waals surface area contributed by atoms with Gasteiger partial charge in [-0.2, -0.15) is 4.98 Å². The number of hydrogen-bond donors (Lipinski definition) is 3. The van der Waals surface area contributed by atoms with Crippen LogP contribution < -0.4 is 16.0 Å². The van der Waals surface area contributed by atoms with Gasteiger partial charge in [-0.05, 0) is 37.2 Å². The van der Waals surface area contributed by atoms with Crippen LogP contribution in [0.5, 0.6) is 0 Å². The molecular formula is C17H23ClN6. The first-order chi connectivity index (χ1) is 11.8. The Hall–Kier alpha value is -1.89. The second kappa shape index (κ2) is 8.82. The zero-order valence-electron chi connectivity index (χ0n) is 13.6. The van der Waals surface area contributed by atoms with Crippen molar-refractivity contribution in [3.63, 3.8) is 0 Å². The summed E-state index contributed by atoms with van der Waals surface area (Å²) in [5.74, 6) is 1.39. The zero-order valence-corrected chi connectivity index (χ0v) is 14.4. The minimum atomic E-state index is 0.560. The lowest BCUT2D eigenvalue weighted by Crippen LogP contribution is -2.44. The second-order valence-electron chi connectivity index (χ2n) is 5.77. The van der Waals surface area contributed by atoms with Crippen molar-refractivity contribution in [2.75, 3.05) is 49.9 Å². The molecule has 0 unspecified atom stereocenters. The van der Waals surface area contributed by atoms with E-state index in [1.807, 2.05) is 30.3 Å². The van der Waals surface area contributed by atoms with Crippen molar-refractivity contribution < 1.29 is 0 Å². The summed E-state index contributed by atoms with van der Waals surface area (Å²) in [6.07, 6.45) is 2.85. The number of aromatic nitrogens is 2. The van der Waals surface area contributed by atoms with Gasteiger partial charge in [0.15, 0.2) is 0 Å². The molecular weight excluding hydrogens is 324 g/mol. The Balaban J connectivity index is 1.46. The van der Waals surface area contributed by atoms with E-state index in [9.17, 15) is 0 Å². The smallest absolute Gasteiger partial charge is 0.229 e. The quantitative estimate of drug-likeness (QED) is 0.670. The van der Waals surface area contributed by atoms with Crippen LogP contribution >= 0.6 is 11.6 Å². The molecule has 2 heterocycles. The molecule has 3 rings (SSSR count). The maximum atomic E-state index is 5.99. The van der Waals surface area contributed by atoms with Crippen LogP contribution in [-0.4, -0.2) is 54.1 Å². The summed E-state index contributed by atoms with van der Waals surface area (Å²) < 4.78 is 0. The molecule has 0 atom stereocenters. The largest absolute Gasteiger partial charge is 0.370 e. The van der Waals surface area contributed by atoms with Gasteiger partial charge >= 0.3 is 0 Å². The number of piperazine rings is 1. The topological polar surface area (TPSA) is 65.1 Å². The van der Waals surface area contributed by atoms with E-state index >= 15 is 0 Å². The molecule has 1 aliphatic heterocycles. The molecule has 0 amide bonds. The molecule has 1 fully saturated rings. The minimum Gasteiger partial charge on any atom is -0.370 e. The van der Waals surface area contributed by atoms with Gasteiger partial charge in [0.2, 0.25) is 5.95 Å². The molecule has 0 radical (unpaired) electrons. The van der Waals surface area contributed by atoms with Gasteiger partial charge in [0.05, 0.1) is 0 Å². The van der Waals surface area contributed by atoms with Crippen molar-refractivity contribution in [3.8, 4) is 0 Å². The van der Waals surface area contributed by atoms with E-state index in [-0.39, 0.29) is 0 Å². The summed E-state index contributed by atoms with van der Waals surface area (Å²) in [6, 6.07) is 9.39. The van der Waals surface area contributed by atoms with Crippen LogP contribution in [0.4, 0.5) is 17.5 Å². The second-order valence-corrected chi connectivity index (χ2v) is 6.21. The maximum Gasteiger partial charge on any atom is 0.229 e. The van der Waals surface area contributed by atoms with Crippen molar-refractivity contribution in [1.82, 2.24) is 20.2 Å². The fraction of sp³-hybridized carbons (Fsp3) is 0.412. The highest BCUT2D eigenvalue weighted by atomic mass is 35.5. The molecule has 0 aliphatic carbocycles. The van der Waals surface area contributed by atoms with E-state index in [4.69, 9.17) is 11.6 Å². The average molecular weight is 347 g/mol. The van der Waals surface area contributed by atoms with Gasteiger partial charge in [-0.15, -0.1) is 0 Å². The SMILES string of the molecule is Clc1cccc(Nc2nccc(NCCCN3CCNCC3)n2)c1. The van der Waals surface area contributed by atoms with E-state index in [1.165, 1.54) is 0 Å². The standard InChI is InChI=1S/C17H23ClN6/c18-14-3-1-4-15(13-14)22-17-21-7-5-16(23-17)20-6-2-10-24-11-8-19-9-12-24/h1,3-5,7,13,19H,2,6,8-12H2,(H2,20,21,22,23). The lowest BCUT2D eigenvalue weighted by atomic mass is 10.3. The third kappa shape index (κ3) is 5.33. The average Bonchev–Trinajstić information content (AvgIpc) is 2.60. The number of rotatable bonds is 7. The fourth-order valence-corrected chi connectivity index (χ4v) is 2.86. The van der Waals surface area contributed by atoms with Crippen LogP contribution in [0, 0.1) is 0 Å². The van der Waals surface area contributed by atoms with Crippen LogP contribution in [0.1, 0.15) is 6.42 Å². The third-order valence-corrected chi connectivity index (χ3v) is 4.14. The molecule has 0 saturated carbocycles. The summed E-state index contributed by atoms with van der Waals surface area (Å²) in [5, 5.41) is 10.6. The third-order valence-electron chi connectivity index (χ3n) is 3.90. The molecule has 6 nitrogen and oxygen atoms in total. The number of nitrogens with zero attached hydrogens (tertiary/aromatic N) is 3. The molecule has 128 valence electrons. The van der Waals surface area contributed by atoms with Crippen molar-refractivity contribution in [1.29, 1.82) is 0 Å². The molecule has 1 aliphatic rings. The molecule has 3 N–H and O–H groups in total. The van der Waals surface area contributed by atoms with Gasteiger partial charge in [0.1, 0.15) is 5.82 Å². The van der Waals surface area contributed by atoms with Crippen LogP contribution in [-0.2, 0) is 0 Å². The van der Waals surface area contributed by atoms with Crippen LogP contribution in [0.2, 0.25) is 5.02 Å². The van der Waals surface area contributed by atoms with Crippen LogP contribution in [0.25, 0.3) is 0 Å². The number of halogens is 1. The Bertz CT molecular complexity index is 644. The summed E-state index contributed by atoms with van der Waals surface area (Å²) in [6.45, 7) is 6.49. The summed E-state index contributed by atoms with van der Waals surface area (Å²) in [5.41, 5.74) is 0.873. The van der Waals surface area contributed by atoms with E-state index in [2.05, 4.69) is 30.8 Å². The Morgan fingerprint density at radius 3 is 2.92 bits per heavy atom.